The summed E-state index contributed by atoms with van der Waals surface area (Å²) in [5.41, 5.74) is 2.41. The van der Waals surface area contributed by atoms with E-state index in [-0.39, 0.29) is 0 Å². The molecular formula is C18H20N4O3S. The van der Waals surface area contributed by atoms with Crippen LogP contribution in [-0.2, 0) is 17.6 Å². The van der Waals surface area contributed by atoms with Gasteiger partial charge in [0, 0.05) is 0 Å². The van der Waals surface area contributed by atoms with Crippen molar-refractivity contribution in [2.45, 2.75) is 38.6 Å². The molecule has 3 rings (SSSR count). The van der Waals surface area contributed by atoms with E-state index in [1.807, 2.05) is 37.3 Å². The molecule has 1 unspecified atom stereocenters. The fraction of sp³-hybridized carbons (Fsp3) is 0.333. The van der Waals surface area contributed by atoms with Gasteiger partial charge in [0.15, 0.2) is 0 Å². The van der Waals surface area contributed by atoms with Crippen LogP contribution in [0.3, 0.4) is 0 Å². The fourth-order valence-electron chi connectivity index (χ4n) is 2.73. The number of carbonyl (C=O) groups is 3. The van der Waals surface area contributed by atoms with Gasteiger partial charge in [-0.1, -0.05) is 37.3 Å². The van der Waals surface area contributed by atoms with E-state index < -0.39 is 23.4 Å². The number of imide groups is 1. The van der Waals surface area contributed by atoms with E-state index in [0.717, 1.165) is 22.0 Å². The van der Waals surface area contributed by atoms with Gasteiger partial charge in [-0.2, -0.15) is 5.01 Å². The first-order valence-electron chi connectivity index (χ1n) is 8.39. The average Bonchev–Trinajstić information content (AvgIpc) is 3.20. The van der Waals surface area contributed by atoms with Gasteiger partial charge >= 0.3 is 6.03 Å². The Labute approximate surface area is 155 Å². The minimum Gasteiger partial charge on any atom is -0.322 e. The van der Waals surface area contributed by atoms with Gasteiger partial charge in [0.1, 0.15) is 10.4 Å². The molecule has 0 bridgehead atoms. The molecule has 0 aliphatic carbocycles. The van der Waals surface area contributed by atoms with Crippen LogP contribution in [0.15, 0.2) is 36.5 Å². The predicted octanol–water partition coefficient (Wildman–Crippen LogP) is 2.29. The number of rotatable bonds is 6. The number of nitrogens with one attached hydrogen (secondary N) is 2. The Morgan fingerprint density at radius 3 is 2.69 bits per heavy atom. The summed E-state index contributed by atoms with van der Waals surface area (Å²) in [4.78, 5) is 41.7. The first kappa shape index (κ1) is 18.1. The average molecular weight is 372 g/mol. The SMILES string of the molecule is CCc1ncc(C(=O)NN2C(=O)NC(C)(CCc3ccccc3)C2=O)s1. The number of hydrogen-bond acceptors (Lipinski definition) is 5. The van der Waals surface area contributed by atoms with E-state index in [4.69, 9.17) is 0 Å². The van der Waals surface area contributed by atoms with Crippen LogP contribution in [0.25, 0.3) is 0 Å². The first-order chi connectivity index (χ1) is 12.4. The van der Waals surface area contributed by atoms with Crippen LogP contribution in [-0.4, -0.2) is 33.4 Å². The van der Waals surface area contributed by atoms with Crippen molar-refractivity contribution < 1.29 is 14.4 Å². The minimum absolute atomic E-state index is 0.361. The summed E-state index contributed by atoms with van der Waals surface area (Å²) in [7, 11) is 0. The van der Waals surface area contributed by atoms with Gasteiger partial charge < -0.3 is 5.32 Å². The molecule has 136 valence electrons. The highest BCUT2D eigenvalue weighted by Gasteiger charge is 2.48. The van der Waals surface area contributed by atoms with Crippen LogP contribution in [0.4, 0.5) is 4.79 Å². The molecule has 1 atom stereocenters. The van der Waals surface area contributed by atoms with Gasteiger partial charge in [-0.25, -0.2) is 9.78 Å². The van der Waals surface area contributed by atoms with Gasteiger partial charge in [-0.15, -0.1) is 11.3 Å². The highest BCUT2D eigenvalue weighted by Crippen LogP contribution is 2.23. The van der Waals surface area contributed by atoms with Gasteiger partial charge in [0.2, 0.25) is 0 Å². The normalized spacial score (nSPS) is 19.5. The molecule has 0 spiro atoms. The van der Waals surface area contributed by atoms with Crippen molar-refractivity contribution >= 4 is 29.2 Å². The number of carbonyl (C=O) groups excluding carboxylic acids is 3. The summed E-state index contributed by atoms with van der Waals surface area (Å²) >= 11 is 1.24. The maximum atomic E-state index is 12.7. The molecule has 1 aliphatic heterocycles. The highest BCUT2D eigenvalue weighted by molar-refractivity contribution is 7.13. The monoisotopic (exact) mass is 372 g/mol. The van der Waals surface area contributed by atoms with Crippen molar-refractivity contribution in [3.63, 3.8) is 0 Å². The molecule has 2 heterocycles. The van der Waals surface area contributed by atoms with E-state index in [9.17, 15) is 14.4 Å². The lowest BCUT2D eigenvalue weighted by atomic mass is 9.93. The number of aryl methyl sites for hydroxylation is 2. The number of aromatic nitrogens is 1. The summed E-state index contributed by atoms with van der Waals surface area (Å²) in [6.07, 6.45) is 3.25. The topological polar surface area (TPSA) is 91.4 Å². The molecule has 7 nitrogen and oxygen atoms in total. The number of nitrogens with zero attached hydrogens (tertiary/aromatic N) is 2. The highest BCUT2D eigenvalue weighted by atomic mass is 32.1. The van der Waals surface area contributed by atoms with Crippen molar-refractivity contribution in [1.82, 2.24) is 20.7 Å². The molecule has 1 aliphatic rings. The lowest BCUT2D eigenvalue weighted by molar-refractivity contribution is -0.132. The molecule has 2 aromatic rings. The van der Waals surface area contributed by atoms with E-state index in [2.05, 4.69) is 15.7 Å². The molecular weight excluding hydrogens is 352 g/mol. The molecule has 1 fully saturated rings. The minimum atomic E-state index is -1.05. The van der Waals surface area contributed by atoms with Crippen LogP contribution in [0.2, 0.25) is 0 Å². The fourth-order valence-corrected chi connectivity index (χ4v) is 3.48. The van der Waals surface area contributed by atoms with Gasteiger partial charge in [0.25, 0.3) is 11.8 Å². The van der Waals surface area contributed by atoms with Crippen molar-refractivity contribution in [3.05, 3.63) is 52.0 Å². The molecule has 1 aromatic heterocycles. The Bertz CT molecular complexity index is 836. The number of thiazole rings is 1. The van der Waals surface area contributed by atoms with Crippen LogP contribution >= 0.6 is 11.3 Å². The van der Waals surface area contributed by atoms with Gasteiger partial charge in [-0.3, -0.25) is 15.0 Å². The second-order valence-corrected chi connectivity index (χ2v) is 7.42. The Hall–Kier alpha value is -2.74. The molecule has 1 aromatic carbocycles. The van der Waals surface area contributed by atoms with Crippen molar-refractivity contribution in [1.29, 1.82) is 0 Å². The van der Waals surface area contributed by atoms with Crippen LogP contribution in [0.1, 0.15) is 40.5 Å². The Balaban J connectivity index is 1.66. The zero-order valence-electron chi connectivity index (χ0n) is 14.6. The van der Waals surface area contributed by atoms with Crippen molar-refractivity contribution in [2.24, 2.45) is 0 Å². The summed E-state index contributed by atoms with van der Waals surface area (Å²) in [5.74, 6) is -0.981. The third-order valence-corrected chi connectivity index (χ3v) is 5.45. The molecule has 0 radical (unpaired) electrons. The van der Waals surface area contributed by atoms with E-state index in [1.165, 1.54) is 17.5 Å². The molecule has 26 heavy (non-hydrogen) atoms. The largest absolute Gasteiger partial charge is 0.344 e. The van der Waals surface area contributed by atoms with Crippen LogP contribution in [0.5, 0.6) is 0 Å². The van der Waals surface area contributed by atoms with Crippen LogP contribution in [0, 0.1) is 0 Å². The Morgan fingerprint density at radius 1 is 1.31 bits per heavy atom. The maximum absolute atomic E-state index is 12.7. The van der Waals surface area contributed by atoms with E-state index in [1.54, 1.807) is 6.92 Å². The lowest BCUT2D eigenvalue weighted by Gasteiger charge is -2.21. The lowest BCUT2D eigenvalue weighted by Crippen LogP contribution is -2.48. The summed E-state index contributed by atoms with van der Waals surface area (Å²) < 4.78 is 0. The third-order valence-electron chi connectivity index (χ3n) is 4.31. The molecule has 2 N–H and O–H groups in total. The number of urea groups is 1. The van der Waals surface area contributed by atoms with E-state index in [0.29, 0.717) is 17.7 Å². The number of hydrogen-bond donors (Lipinski definition) is 2. The predicted molar refractivity (Wildman–Crippen MR) is 97.5 cm³/mol. The Morgan fingerprint density at radius 2 is 2.04 bits per heavy atom. The number of amides is 4. The number of benzene rings is 1. The summed E-state index contributed by atoms with van der Waals surface area (Å²) in [5, 5.41) is 4.27. The van der Waals surface area contributed by atoms with E-state index >= 15 is 0 Å². The van der Waals surface area contributed by atoms with Gasteiger partial charge in [0.05, 0.1) is 11.2 Å². The second kappa shape index (κ2) is 7.25. The smallest absolute Gasteiger partial charge is 0.322 e. The molecule has 0 saturated carbocycles. The molecule has 1 saturated heterocycles. The number of hydrazine groups is 1. The zero-order chi connectivity index (χ0) is 18.7. The van der Waals surface area contributed by atoms with Gasteiger partial charge in [-0.05, 0) is 31.7 Å². The second-order valence-electron chi connectivity index (χ2n) is 6.30. The molecule has 4 amide bonds. The maximum Gasteiger partial charge on any atom is 0.344 e. The standard InChI is InChI=1S/C18H20N4O3S/c1-3-14-19-11-13(26-14)15(23)21-22-16(24)18(2,20-17(22)25)10-9-12-7-5-4-6-8-12/h4-8,11H,3,9-10H2,1-2H3,(H,20,25)(H,21,23). The zero-order valence-corrected chi connectivity index (χ0v) is 15.4. The third kappa shape index (κ3) is 3.60. The van der Waals surface area contributed by atoms with Crippen LogP contribution < -0.4 is 10.7 Å². The summed E-state index contributed by atoms with van der Waals surface area (Å²) in [6.45, 7) is 3.61. The Kier molecular flexibility index (Phi) is 5.03. The first-order valence-corrected chi connectivity index (χ1v) is 9.21. The van der Waals surface area contributed by atoms with Crippen molar-refractivity contribution in [3.8, 4) is 0 Å². The molecule has 8 heteroatoms. The van der Waals surface area contributed by atoms with Crippen molar-refractivity contribution in [2.75, 3.05) is 0 Å². The summed E-state index contributed by atoms with van der Waals surface area (Å²) in [6, 6.07) is 9.10. The quantitative estimate of drug-likeness (QED) is 0.761.